The Morgan fingerprint density at radius 3 is 3.15 bits per heavy atom. The molecule has 3 N–H and O–H groups in total. The van der Waals surface area contributed by atoms with Crippen LogP contribution in [0.2, 0.25) is 0 Å². The lowest BCUT2D eigenvalue weighted by atomic mass is 10.1. The average molecular weight is 286 g/mol. The second-order valence-electron chi connectivity index (χ2n) is 2.74. The minimum atomic E-state index is -0.372. The molecule has 1 aromatic rings. The molecule has 0 saturated carbocycles. The van der Waals surface area contributed by atoms with Gasteiger partial charge in [0, 0.05) is 5.69 Å². The van der Waals surface area contributed by atoms with E-state index in [2.05, 4.69) is 12.7 Å². The third-order valence-electron chi connectivity index (χ3n) is 1.98. The molecule has 0 saturated heterocycles. The molecule has 2 rings (SSSR count). The zero-order chi connectivity index (χ0) is 9.42. The number of benzene rings is 1. The molecule has 66 valence electrons. The van der Waals surface area contributed by atoms with Crippen molar-refractivity contribution >= 4 is 38.4 Å². The van der Waals surface area contributed by atoms with E-state index in [0.717, 1.165) is 16.9 Å². The first kappa shape index (κ1) is 8.44. The third-order valence-corrected chi connectivity index (χ3v) is 3.49. The van der Waals surface area contributed by atoms with Gasteiger partial charge in [0.2, 0.25) is 0 Å². The summed E-state index contributed by atoms with van der Waals surface area (Å²) in [7, 11) is 0. The lowest BCUT2D eigenvalue weighted by Crippen LogP contribution is -1.94. The van der Waals surface area contributed by atoms with E-state index in [0.29, 0.717) is 11.3 Å². The highest BCUT2D eigenvalue weighted by Crippen LogP contribution is 2.43. The Kier molecular flexibility index (Phi) is 1.92. The Bertz CT molecular complexity index is 444. The van der Waals surface area contributed by atoms with E-state index >= 15 is 0 Å². The minimum Gasteiger partial charge on any atom is -0.398 e. The first-order valence-corrected chi connectivity index (χ1v) is 5.71. The molecule has 1 heterocycles. The Hall–Kier alpha value is -1.16. The molecule has 1 aliphatic rings. The largest absolute Gasteiger partial charge is 0.398 e. The Labute approximate surface area is 86.3 Å². The maximum atomic E-state index is 8.84. The molecule has 0 fully saturated rings. The number of anilines is 2. The van der Waals surface area contributed by atoms with Crippen LogP contribution < -0.4 is 9.26 Å². The summed E-state index contributed by atoms with van der Waals surface area (Å²) >= 11 is -0.372. The summed E-state index contributed by atoms with van der Waals surface area (Å²) in [5.41, 5.74) is 9.71. The van der Waals surface area contributed by atoms with E-state index in [-0.39, 0.29) is 21.3 Å². The van der Waals surface area contributed by atoms with Crippen molar-refractivity contribution < 1.29 is 0 Å². The van der Waals surface area contributed by atoms with Crippen LogP contribution in [0, 0.1) is 18.3 Å². The van der Waals surface area contributed by atoms with Crippen molar-refractivity contribution in [2.45, 2.75) is 6.92 Å². The number of fused-ring (bicyclic) bond motifs is 1. The summed E-state index contributed by atoms with van der Waals surface area (Å²) in [6.45, 7) is 1.94. The summed E-state index contributed by atoms with van der Waals surface area (Å²) in [4.78, 5) is 0. The van der Waals surface area contributed by atoms with Crippen LogP contribution >= 0.6 is 21.3 Å². The van der Waals surface area contributed by atoms with Crippen LogP contribution in [-0.4, -0.2) is 0 Å². The van der Waals surface area contributed by atoms with Crippen molar-refractivity contribution in [3.63, 3.8) is 0 Å². The molecule has 0 amide bonds. The van der Waals surface area contributed by atoms with Crippen LogP contribution in [-0.2, 0) is 0 Å². The summed E-state index contributed by atoms with van der Waals surface area (Å²) < 4.78 is 7.49. The zero-order valence-corrected chi connectivity index (χ0v) is 9.08. The molecule has 0 aromatic heterocycles. The fourth-order valence-corrected chi connectivity index (χ4v) is 2.95. The Morgan fingerprint density at radius 2 is 2.46 bits per heavy atom. The molecule has 1 aliphatic heterocycles. The first-order valence-electron chi connectivity index (χ1n) is 3.67. The number of rotatable bonds is 0. The average Bonchev–Trinajstić information content (AvgIpc) is 2.60. The molecular weight excluding hydrogens is 279 g/mol. The van der Waals surface area contributed by atoms with E-state index < -0.39 is 0 Å². The number of nitrogens with zero attached hydrogens (tertiary/aromatic N) is 2. The van der Waals surface area contributed by atoms with Gasteiger partial charge in [-0.2, -0.15) is 5.26 Å². The summed E-state index contributed by atoms with van der Waals surface area (Å²) in [6.07, 6.45) is 0. The minimum absolute atomic E-state index is 0.372. The van der Waals surface area contributed by atoms with Crippen LogP contribution in [0.5, 0.6) is 0 Å². The number of nitriles is 1. The number of nitrogens with two attached hydrogens (primary N) is 1. The SMILES string of the molecule is Cc1c(N)cc(C#N)c2c1NI=N2. The number of hydrogen-bond donors (Lipinski definition) is 2. The van der Waals surface area contributed by atoms with Crippen LogP contribution in [0.3, 0.4) is 0 Å². The standard InChI is InChI=1S/C8H7IN4/c1-4-6(11)2-5(3-10)8-7(4)12-9-13-8/h2H,11H2,1H3,(H,12,13). The monoisotopic (exact) mass is 286 g/mol. The number of hydrogen-bond acceptors (Lipinski definition) is 4. The maximum absolute atomic E-state index is 8.84. The van der Waals surface area contributed by atoms with E-state index in [9.17, 15) is 0 Å². The summed E-state index contributed by atoms with van der Waals surface area (Å²) in [5, 5.41) is 8.84. The van der Waals surface area contributed by atoms with Crippen LogP contribution in [0.4, 0.5) is 17.1 Å². The lowest BCUT2D eigenvalue weighted by molar-refractivity contribution is 1.42. The fourth-order valence-electron chi connectivity index (χ4n) is 1.18. The molecule has 5 heteroatoms. The van der Waals surface area contributed by atoms with Gasteiger partial charge in [-0.3, -0.25) is 0 Å². The number of nitrogen functional groups attached to an aromatic ring is 1. The first-order chi connectivity index (χ1) is 6.24. The summed E-state index contributed by atoms with van der Waals surface area (Å²) in [5.74, 6) is 0. The van der Waals surface area contributed by atoms with Crippen molar-refractivity contribution in [2.75, 3.05) is 9.26 Å². The van der Waals surface area contributed by atoms with Gasteiger partial charge in [0.15, 0.2) is 0 Å². The maximum Gasteiger partial charge on any atom is 0.118 e. The molecule has 0 atom stereocenters. The second-order valence-corrected chi connectivity index (χ2v) is 4.24. The van der Waals surface area contributed by atoms with Gasteiger partial charge >= 0.3 is 0 Å². The predicted molar refractivity (Wildman–Crippen MR) is 60.0 cm³/mol. The van der Waals surface area contributed by atoms with Gasteiger partial charge in [0.1, 0.15) is 33.1 Å². The quantitative estimate of drug-likeness (QED) is 0.437. The molecule has 0 radical (unpaired) electrons. The normalized spacial score (nSPS) is 12.6. The Balaban J connectivity index is 2.78. The van der Waals surface area contributed by atoms with E-state index in [4.69, 9.17) is 11.0 Å². The van der Waals surface area contributed by atoms with E-state index in [1.165, 1.54) is 0 Å². The van der Waals surface area contributed by atoms with Gasteiger partial charge in [-0.1, -0.05) is 0 Å². The topological polar surface area (TPSA) is 74.2 Å². The van der Waals surface area contributed by atoms with Gasteiger partial charge in [-0.15, -0.1) is 0 Å². The highest BCUT2D eigenvalue weighted by Gasteiger charge is 2.16. The van der Waals surface area contributed by atoms with Crippen molar-refractivity contribution in [3.05, 3.63) is 17.2 Å². The molecule has 0 aliphatic carbocycles. The van der Waals surface area contributed by atoms with Gasteiger partial charge in [-0.25, -0.2) is 3.15 Å². The van der Waals surface area contributed by atoms with Gasteiger partial charge in [0.05, 0.1) is 11.3 Å². The van der Waals surface area contributed by atoms with Crippen molar-refractivity contribution in [1.29, 1.82) is 5.26 Å². The van der Waals surface area contributed by atoms with Crippen molar-refractivity contribution in [3.8, 4) is 6.07 Å². The number of nitrogens with one attached hydrogen (secondary N) is 1. The molecular formula is C8H7IN4. The van der Waals surface area contributed by atoms with E-state index in [1.807, 2.05) is 6.92 Å². The fraction of sp³-hybridized carbons (Fsp3) is 0.125. The predicted octanol–water partition coefficient (Wildman–Crippen LogP) is 2.58. The van der Waals surface area contributed by atoms with Gasteiger partial charge < -0.3 is 9.26 Å². The van der Waals surface area contributed by atoms with Crippen molar-refractivity contribution in [1.82, 2.24) is 0 Å². The Morgan fingerprint density at radius 1 is 1.69 bits per heavy atom. The third kappa shape index (κ3) is 1.18. The highest BCUT2D eigenvalue weighted by atomic mass is 127. The molecule has 0 unspecified atom stereocenters. The lowest BCUT2D eigenvalue weighted by Gasteiger charge is -2.06. The zero-order valence-electron chi connectivity index (χ0n) is 6.93. The van der Waals surface area contributed by atoms with E-state index in [1.54, 1.807) is 6.07 Å². The van der Waals surface area contributed by atoms with Crippen LogP contribution in [0.1, 0.15) is 11.1 Å². The van der Waals surface area contributed by atoms with Gasteiger partial charge in [0.25, 0.3) is 0 Å². The molecule has 4 nitrogen and oxygen atoms in total. The smallest absolute Gasteiger partial charge is 0.118 e. The van der Waals surface area contributed by atoms with Crippen molar-refractivity contribution in [2.24, 2.45) is 3.15 Å². The molecule has 1 aromatic carbocycles. The van der Waals surface area contributed by atoms with Crippen LogP contribution in [0.15, 0.2) is 9.21 Å². The highest BCUT2D eigenvalue weighted by molar-refractivity contribution is 14.2. The van der Waals surface area contributed by atoms with Gasteiger partial charge in [-0.05, 0) is 18.6 Å². The molecule has 0 bridgehead atoms. The number of halogens is 1. The van der Waals surface area contributed by atoms with Crippen LogP contribution in [0.25, 0.3) is 0 Å². The second kappa shape index (κ2) is 2.96. The summed E-state index contributed by atoms with van der Waals surface area (Å²) in [6, 6.07) is 3.79. The molecule has 0 spiro atoms. The molecule has 13 heavy (non-hydrogen) atoms.